The van der Waals surface area contributed by atoms with Gasteiger partial charge in [-0.3, -0.25) is 0 Å². The number of hydrogen-bond donors (Lipinski definition) is 1. The van der Waals surface area contributed by atoms with Crippen molar-refractivity contribution in [1.29, 1.82) is 0 Å². The molecule has 2 heterocycles. The van der Waals surface area contributed by atoms with Crippen molar-refractivity contribution in [2.75, 3.05) is 0 Å². The van der Waals surface area contributed by atoms with Gasteiger partial charge in [0.2, 0.25) is 0 Å². The van der Waals surface area contributed by atoms with Gasteiger partial charge in [0.05, 0.1) is 0 Å². The zero-order valence-corrected chi connectivity index (χ0v) is 20.9. The van der Waals surface area contributed by atoms with E-state index in [9.17, 15) is 0 Å². The number of rotatable bonds is 5. The summed E-state index contributed by atoms with van der Waals surface area (Å²) in [6.07, 6.45) is 21.4. The number of hydrogen-bond acceptors (Lipinski definition) is 1. The minimum absolute atomic E-state index is 0.390. The first-order chi connectivity index (χ1) is 13.7. The molecule has 3 aliphatic rings. The summed E-state index contributed by atoms with van der Waals surface area (Å²) >= 11 is 0. The Morgan fingerprint density at radius 1 is 0.862 bits per heavy atom. The van der Waals surface area contributed by atoms with Crippen molar-refractivity contribution in [1.82, 2.24) is 5.32 Å². The lowest BCUT2D eigenvalue weighted by atomic mass is 9.59. The third-order valence-electron chi connectivity index (χ3n) is 10.00. The molecule has 29 heavy (non-hydrogen) atoms. The van der Waals surface area contributed by atoms with Gasteiger partial charge in [0, 0.05) is 11.6 Å². The van der Waals surface area contributed by atoms with Crippen LogP contribution < -0.4 is 5.32 Å². The second-order valence-electron chi connectivity index (χ2n) is 12.8. The predicted molar refractivity (Wildman–Crippen MR) is 128 cm³/mol. The van der Waals surface area contributed by atoms with Gasteiger partial charge < -0.3 is 5.32 Å². The molecule has 1 aliphatic carbocycles. The summed E-state index contributed by atoms with van der Waals surface area (Å²) in [7, 11) is 0. The maximum Gasteiger partial charge on any atom is 0.0217 e. The van der Waals surface area contributed by atoms with Crippen molar-refractivity contribution in [3.8, 4) is 0 Å². The molecule has 2 saturated heterocycles. The lowest BCUT2D eigenvalue weighted by Gasteiger charge is -2.53. The first-order valence-electron chi connectivity index (χ1n) is 13.5. The molecule has 5 unspecified atom stereocenters. The fourth-order valence-corrected chi connectivity index (χ4v) is 7.10. The van der Waals surface area contributed by atoms with E-state index >= 15 is 0 Å². The van der Waals surface area contributed by atoms with Gasteiger partial charge in [-0.25, -0.2) is 0 Å². The van der Waals surface area contributed by atoms with Gasteiger partial charge in [-0.2, -0.15) is 0 Å². The Morgan fingerprint density at radius 3 is 2.28 bits per heavy atom. The summed E-state index contributed by atoms with van der Waals surface area (Å²) < 4.78 is 0. The van der Waals surface area contributed by atoms with Crippen LogP contribution in [0.15, 0.2) is 0 Å². The molecule has 3 rings (SSSR count). The Bertz CT molecular complexity index is 510. The third-order valence-corrected chi connectivity index (χ3v) is 10.00. The molecule has 1 saturated carbocycles. The van der Waals surface area contributed by atoms with Gasteiger partial charge in [-0.1, -0.05) is 80.1 Å². The zero-order valence-electron chi connectivity index (χ0n) is 20.9. The number of nitrogens with one attached hydrogen (secondary N) is 1. The Kier molecular flexibility index (Phi) is 7.84. The third kappa shape index (κ3) is 5.81. The molecule has 170 valence electrons. The second-order valence-corrected chi connectivity index (χ2v) is 12.8. The van der Waals surface area contributed by atoms with Crippen molar-refractivity contribution in [2.45, 2.75) is 149 Å². The topological polar surface area (TPSA) is 12.0 Å². The van der Waals surface area contributed by atoms with Crippen molar-refractivity contribution < 1.29 is 0 Å². The summed E-state index contributed by atoms with van der Waals surface area (Å²) in [5.74, 6) is 2.85. The van der Waals surface area contributed by atoms with Crippen molar-refractivity contribution in [3.05, 3.63) is 0 Å². The van der Waals surface area contributed by atoms with Crippen molar-refractivity contribution in [2.24, 2.45) is 28.6 Å². The van der Waals surface area contributed by atoms with Crippen LogP contribution in [0.3, 0.4) is 0 Å². The largest absolute Gasteiger partial charge is 0.308 e. The quantitative estimate of drug-likeness (QED) is 0.485. The Morgan fingerprint density at radius 2 is 1.66 bits per heavy atom. The summed E-state index contributed by atoms with van der Waals surface area (Å²) in [5, 5.41) is 4.49. The van der Waals surface area contributed by atoms with Crippen LogP contribution in [0, 0.1) is 28.6 Å². The Balaban J connectivity index is 1.92. The van der Waals surface area contributed by atoms with Crippen LogP contribution in [-0.4, -0.2) is 11.6 Å². The average molecular weight is 404 g/mol. The molecule has 2 aliphatic heterocycles. The van der Waals surface area contributed by atoms with E-state index in [4.69, 9.17) is 0 Å². The maximum absolute atomic E-state index is 4.49. The van der Waals surface area contributed by atoms with Crippen LogP contribution in [-0.2, 0) is 0 Å². The van der Waals surface area contributed by atoms with Gasteiger partial charge in [0.15, 0.2) is 0 Å². The van der Waals surface area contributed by atoms with Gasteiger partial charge in [-0.15, -0.1) is 0 Å². The first-order valence-corrected chi connectivity index (χ1v) is 13.5. The van der Waals surface area contributed by atoms with Crippen molar-refractivity contribution >= 4 is 0 Å². The predicted octanol–water partition coefficient (Wildman–Crippen LogP) is 8.52. The molecule has 0 radical (unpaired) electrons. The van der Waals surface area contributed by atoms with Crippen LogP contribution in [0.4, 0.5) is 0 Å². The van der Waals surface area contributed by atoms with E-state index in [1.54, 1.807) is 0 Å². The molecule has 1 N–H and O–H groups in total. The molecule has 2 bridgehead atoms. The first kappa shape index (κ1) is 23.6. The fraction of sp³-hybridized carbons (Fsp3) is 1.00. The van der Waals surface area contributed by atoms with E-state index in [0.29, 0.717) is 16.4 Å². The van der Waals surface area contributed by atoms with Crippen molar-refractivity contribution in [3.63, 3.8) is 0 Å². The smallest absolute Gasteiger partial charge is 0.0217 e. The summed E-state index contributed by atoms with van der Waals surface area (Å²) in [5.41, 5.74) is 1.39. The molecule has 1 nitrogen and oxygen atoms in total. The zero-order chi connectivity index (χ0) is 21.1. The highest BCUT2D eigenvalue weighted by atomic mass is 15.0. The molecule has 6 atom stereocenters. The number of fused-ring (bicyclic) bond motifs is 2. The maximum atomic E-state index is 4.49. The van der Waals surface area contributed by atoms with Crippen LogP contribution >= 0.6 is 0 Å². The molecular weight excluding hydrogens is 350 g/mol. The van der Waals surface area contributed by atoms with Crippen LogP contribution in [0.2, 0.25) is 0 Å². The average Bonchev–Trinajstić information content (AvgIpc) is 2.67. The molecule has 0 spiro atoms. The lowest BCUT2D eigenvalue weighted by Crippen LogP contribution is -2.59. The lowest BCUT2D eigenvalue weighted by molar-refractivity contribution is 0.0274. The van der Waals surface area contributed by atoms with Crippen LogP contribution in [0.25, 0.3) is 0 Å². The molecule has 0 aromatic carbocycles. The van der Waals surface area contributed by atoms with E-state index in [1.807, 2.05) is 0 Å². The normalized spacial score (nSPS) is 42.2. The fourth-order valence-electron chi connectivity index (χ4n) is 7.10. The van der Waals surface area contributed by atoms with Gasteiger partial charge >= 0.3 is 0 Å². The van der Waals surface area contributed by atoms with Gasteiger partial charge in [-0.05, 0) is 86.4 Å². The standard InChI is InChI=1S/C28H53N/c1-7-24(20-23-14-13-22(23)3)28-16-11-9-10-12-25(29-28)15-17-26(4,5)18-19-27(6,8-2)21-28/h22-25,29H,7-21H2,1-6H3/t22?,23-,24?,25?,27?,28?/m0/s1. The Hall–Kier alpha value is -0.0400. The summed E-state index contributed by atoms with van der Waals surface area (Å²) in [4.78, 5) is 0. The molecular formula is C28H53N. The summed E-state index contributed by atoms with van der Waals surface area (Å²) in [6.45, 7) is 15.2. The van der Waals surface area contributed by atoms with Crippen LogP contribution in [0.5, 0.6) is 0 Å². The molecule has 0 aromatic heterocycles. The molecule has 1 heteroatoms. The van der Waals surface area contributed by atoms with E-state index in [2.05, 4.69) is 46.9 Å². The Labute approximate surface area is 183 Å². The van der Waals surface area contributed by atoms with E-state index in [-0.39, 0.29) is 0 Å². The van der Waals surface area contributed by atoms with Gasteiger partial charge in [0.25, 0.3) is 0 Å². The molecule has 0 aromatic rings. The van der Waals surface area contributed by atoms with E-state index in [1.165, 1.54) is 96.3 Å². The van der Waals surface area contributed by atoms with Gasteiger partial charge in [0.1, 0.15) is 0 Å². The minimum atomic E-state index is 0.390. The summed E-state index contributed by atoms with van der Waals surface area (Å²) in [6, 6.07) is 0.752. The highest BCUT2D eigenvalue weighted by Crippen LogP contribution is 2.50. The van der Waals surface area contributed by atoms with Crippen LogP contribution in [0.1, 0.15) is 138 Å². The minimum Gasteiger partial charge on any atom is -0.308 e. The molecule has 3 fully saturated rings. The monoisotopic (exact) mass is 403 g/mol. The van der Waals surface area contributed by atoms with E-state index < -0.39 is 0 Å². The highest BCUT2D eigenvalue weighted by Gasteiger charge is 2.46. The SMILES string of the molecule is CCC(C[C@@H]1CCC1C)C12CCCCCC(CCC(C)(C)CCC(C)(CC)C1)N2. The molecule has 0 amide bonds. The second kappa shape index (κ2) is 9.62. The van der Waals surface area contributed by atoms with E-state index in [0.717, 1.165) is 23.8 Å². The highest BCUT2D eigenvalue weighted by molar-refractivity contribution is 5.03.